The fourth-order valence-electron chi connectivity index (χ4n) is 5.19. The smallest absolute Gasteiger partial charge is 0.309 e. The van der Waals surface area contributed by atoms with Crippen LogP contribution < -0.4 is 9.64 Å². The van der Waals surface area contributed by atoms with E-state index in [-0.39, 0.29) is 24.5 Å². The number of amides is 1. The van der Waals surface area contributed by atoms with Crippen molar-refractivity contribution in [2.75, 3.05) is 11.5 Å². The van der Waals surface area contributed by atoms with Crippen molar-refractivity contribution in [2.45, 2.75) is 45.6 Å². The number of carboxylic acids is 1. The zero-order valence-electron chi connectivity index (χ0n) is 22.6. The van der Waals surface area contributed by atoms with E-state index in [1.807, 2.05) is 49.4 Å². The van der Waals surface area contributed by atoms with E-state index < -0.39 is 17.3 Å². The van der Waals surface area contributed by atoms with Crippen molar-refractivity contribution in [2.24, 2.45) is 5.41 Å². The van der Waals surface area contributed by atoms with E-state index in [0.717, 1.165) is 22.2 Å². The molecule has 1 aliphatic rings. The molecule has 1 aliphatic heterocycles. The van der Waals surface area contributed by atoms with E-state index in [0.29, 0.717) is 29.2 Å². The highest BCUT2D eigenvalue weighted by Gasteiger charge is 2.38. The Kier molecular flexibility index (Phi) is 7.43. The Morgan fingerprint density at radius 2 is 1.75 bits per heavy atom. The van der Waals surface area contributed by atoms with Gasteiger partial charge in [-0.25, -0.2) is 0 Å². The van der Waals surface area contributed by atoms with Crippen molar-refractivity contribution in [1.29, 1.82) is 0 Å². The average Bonchev–Trinajstić information content (AvgIpc) is 3.35. The fourth-order valence-corrected chi connectivity index (χ4v) is 5.37. The number of para-hydroxylation sites is 1. The molecule has 3 aromatic carbocycles. The summed E-state index contributed by atoms with van der Waals surface area (Å²) in [5.74, 6) is -0.923. The molecule has 0 spiro atoms. The van der Waals surface area contributed by atoms with Crippen molar-refractivity contribution >= 4 is 46.0 Å². The summed E-state index contributed by atoms with van der Waals surface area (Å²) >= 11 is 6.14. The summed E-state index contributed by atoms with van der Waals surface area (Å²) in [7, 11) is 0. The minimum atomic E-state index is -0.880. The standard InChI is InChI=1S/C32H31ClN2O5/c1-20-18-26(30(37)34-16-14-22-19-23(33)10-13-27(22)34)25-6-4-5-7-28(25)35(20)29(36)21-8-11-24(12-9-21)40-17-15-32(2,3)31(38)39/h4-14,16,19-20,26H,15,17-18H2,1-3H3,(H,38,39)/t20-,26-/m0/s1. The van der Waals surface area contributed by atoms with Gasteiger partial charge in [0.2, 0.25) is 5.91 Å². The van der Waals surface area contributed by atoms with Crippen LogP contribution in [0.25, 0.3) is 10.9 Å². The molecule has 1 aromatic heterocycles. The molecule has 0 saturated carbocycles. The lowest BCUT2D eigenvalue weighted by molar-refractivity contribution is -0.147. The summed E-state index contributed by atoms with van der Waals surface area (Å²) in [4.78, 5) is 40.6. The molecule has 0 bridgehead atoms. The molecule has 5 rings (SSSR count). The molecular weight excluding hydrogens is 528 g/mol. The van der Waals surface area contributed by atoms with Crippen LogP contribution in [-0.2, 0) is 4.79 Å². The van der Waals surface area contributed by atoms with Crippen molar-refractivity contribution in [3.8, 4) is 5.75 Å². The number of ether oxygens (including phenoxy) is 1. The number of anilines is 1. The molecule has 0 radical (unpaired) electrons. The minimum absolute atomic E-state index is 0.0451. The number of rotatable bonds is 7. The molecule has 1 N–H and O–H groups in total. The minimum Gasteiger partial charge on any atom is -0.494 e. The number of aliphatic carboxylic acids is 1. The van der Waals surface area contributed by atoms with Gasteiger partial charge in [-0.05, 0) is 93.8 Å². The summed E-state index contributed by atoms with van der Waals surface area (Å²) in [6.45, 7) is 5.53. The Balaban J connectivity index is 1.36. The van der Waals surface area contributed by atoms with Gasteiger partial charge in [-0.15, -0.1) is 0 Å². The van der Waals surface area contributed by atoms with Crippen molar-refractivity contribution < 1.29 is 24.2 Å². The van der Waals surface area contributed by atoms with Gasteiger partial charge in [0.25, 0.3) is 5.91 Å². The topological polar surface area (TPSA) is 88.8 Å². The number of halogens is 1. The van der Waals surface area contributed by atoms with Gasteiger partial charge >= 0.3 is 5.97 Å². The first-order chi connectivity index (χ1) is 19.1. The monoisotopic (exact) mass is 558 g/mol. The van der Waals surface area contributed by atoms with Crippen LogP contribution in [0.3, 0.4) is 0 Å². The molecular formula is C32H31ClN2O5. The molecule has 206 valence electrons. The van der Waals surface area contributed by atoms with Crippen LogP contribution in [0.2, 0.25) is 5.02 Å². The highest BCUT2D eigenvalue weighted by Crippen LogP contribution is 2.40. The van der Waals surface area contributed by atoms with Gasteiger partial charge in [-0.3, -0.25) is 19.0 Å². The Morgan fingerprint density at radius 3 is 2.48 bits per heavy atom. The summed E-state index contributed by atoms with van der Waals surface area (Å²) in [6, 6.07) is 21.6. The summed E-state index contributed by atoms with van der Waals surface area (Å²) in [6.07, 6.45) is 2.62. The third-order valence-electron chi connectivity index (χ3n) is 7.67. The summed E-state index contributed by atoms with van der Waals surface area (Å²) in [5, 5.41) is 10.8. The molecule has 0 fully saturated rings. The second-order valence-electron chi connectivity index (χ2n) is 10.9. The zero-order chi connectivity index (χ0) is 28.6. The highest BCUT2D eigenvalue weighted by atomic mass is 35.5. The number of fused-ring (bicyclic) bond motifs is 2. The maximum Gasteiger partial charge on any atom is 0.309 e. The Hall–Kier alpha value is -4.10. The van der Waals surface area contributed by atoms with Crippen LogP contribution in [-0.4, -0.2) is 40.1 Å². The molecule has 0 saturated heterocycles. The van der Waals surface area contributed by atoms with E-state index in [1.54, 1.807) is 59.8 Å². The van der Waals surface area contributed by atoms with Crippen molar-refractivity contribution in [3.05, 3.63) is 95.1 Å². The van der Waals surface area contributed by atoms with Gasteiger partial charge in [0.15, 0.2) is 0 Å². The average molecular weight is 559 g/mol. The van der Waals surface area contributed by atoms with Gasteiger partial charge in [-0.2, -0.15) is 0 Å². The largest absolute Gasteiger partial charge is 0.494 e. The van der Waals surface area contributed by atoms with Crippen LogP contribution in [0.15, 0.2) is 79.0 Å². The number of carbonyl (C=O) groups is 3. The number of nitrogens with zero attached hydrogens (tertiary/aromatic N) is 2. The van der Waals surface area contributed by atoms with Gasteiger partial charge in [-0.1, -0.05) is 29.8 Å². The first-order valence-corrected chi connectivity index (χ1v) is 13.6. The third kappa shape index (κ3) is 5.21. The summed E-state index contributed by atoms with van der Waals surface area (Å²) in [5.41, 5.74) is 1.95. The molecule has 4 aromatic rings. The number of hydrogen-bond donors (Lipinski definition) is 1. The molecule has 40 heavy (non-hydrogen) atoms. The number of carboxylic acid groups (broad SMARTS) is 1. The SMILES string of the molecule is C[C@H]1C[C@H](C(=O)n2ccc3cc(Cl)ccc32)c2ccccc2N1C(=O)c1ccc(OCCC(C)(C)C(=O)O)cc1. The van der Waals surface area contributed by atoms with Crippen LogP contribution in [0.1, 0.15) is 60.2 Å². The number of benzene rings is 3. The predicted molar refractivity (Wildman–Crippen MR) is 156 cm³/mol. The normalized spacial score (nSPS) is 16.9. The van der Waals surface area contributed by atoms with E-state index in [1.165, 1.54) is 0 Å². The first-order valence-electron chi connectivity index (χ1n) is 13.3. The Bertz CT molecular complexity index is 1590. The number of hydrogen-bond acceptors (Lipinski definition) is 4. The molecule has 0 unspecified atom stereocenters. The molecule has 7 nitrogen and oxygen atoms in total. The maximum absolute atomic E-state index is 13.8. The lowest BCUT2D eigenvalue weighted by Gasteiger charge is -2.39. The van der Waals surface area contributed by atoms with Gasteiger partial charge in [0.05, 0.1) is 23.5 Å². The van der Waals surface area contributed by atoms with Gasteiger partial charge in [0.1, 0.15) is 5.75 Å². The van der Waals surface area contributed by atoms with Crippen molar-refractivity contribution in [1.82, 2.24) is 4.57 Å². The van der Waals surface area contributed by atoms with Crippen LogP contribution in [0.5, 0.6) is 5.75 Å². The van der Waals surface area contributed by atoms with Gasteiger partial charge in [0, 0.05) is 33.9 Å². The molecule has 8 heteroatoms. The van der Waals surface area contributed by atoms with Crippen LogP contribution in [0.4, 0.5) is 5.69 Å². The quantitative estimate of drug-likeness (QED) is 0.263. The molecule has 0 aliphatic carbocycles. The van der Waals surface area contributed by atoms with E-state index in [4.69, 9.17) is 16.3 Å². The second-order valence-corrected chi connectivity index (χ2v) is 11.3. The maximum atomic E-state index is 13.8. The highest BCUT2D eigenvalue weighted by molar-refractivity contribution is 6.31. The molecule has 2 atom stereocenters. The van der Waals surface area contributed by atoms with E-state index in [2.05, 4.69) is 0 Å². The fraction of sp³-hybridized carbons (Fsp3) is 0.281. The Labute approximate surface area is 237 Å². The second kappa shape index (κ2) is 10.8. The van der Waals surface area contributed by atoms with E-state index >= 15 is 0 Å². The molecule has 2 heterocycles. The summed E-state index contributed by atoms with van der Waals surface area (Å²) < 4.78 is 7.40. The number of carbonyl (C=O) groups excluding carboxylic acids is 2. The number of aromatic nitrogens is 1. The lowest BCUT2D eigenvalue weighted by atomic mass is 9.85. The predicted octanol–water partition coefficient (Wildman–Crippen LogP) is 7.04. The Morgan fingerprint density at radius 1 is 1.02 bits per heavy atom. The molecule has 1 amide bonds. The van der Waals surface area contributed by atoms with Crippen LogP contribution in [0, 0.1) is 5.41 Å². The zero-order valence-corrected chi connectivity index (χ0v) is 23.4. The van der Waals surface area contributed by atoms with Gasteiger partial charge < -0.3 is 14.7 Å². The van der Waals surface area contributed by atoms with Crippen LogP contribution >= 0.6 is 11.6 Å². The van der Waals surface area contributed by atoms with Crippen molar-refractivity contribution in [3.63, 3.8) is 0 Å². The first kappa shape index (κ1) is 27.5. The lowest BCUT2D eigenvalue weighted by Crippen LogP contribution is -2.44. The third-order valence-corrected chi connectivity index (χ3v) is 7.91. The van der Waals surface area contributed by atoms with E-state index in [9.17, 15) is 19.5 Å².